The second-order valence-electron chi connectivity index (χ2n) is 6.25. The van der Waals surface area contributed by atoms with Gasteiger partial charge in [-0.15, -0.1) is 0 Å². The molecule has 4 heteroatoms. The quantitative estimate of drug-likeness (QED) is 0.809. The molecule has 1 aliphatic rings. The number of Topliss-reactive ketones (excluding diaryl/α,β-unsaturated/α-hetero) is 1. The maximum Gasteiger partial charge on any atom is 0.264 e. The van der Waals surface area contributed by atoms with Crippen LogP contribution in [0, 0.1) is 13.8 Å². The highest BCUT2D eigenvalue weighted by Crippen LogP contribution is 2.29. The molecule has 124 valence electrons. The molecule has 0 unspecified atom stereocenters. The van der Waals surface area contributed by atoms with Crippen LogP contribution in [-0.4, -0.2) is 24.8 Å². The second-order valence-corrected chi connectivity index (χ2v) is 6.25. The highest BCUT2D eigenvalue weighted by molar-refractivity contribution is 5.99. The molecule has 2 aromatic rings. The summed E-state index contributed by atoms with van der Waals surface area (Å²) in [6.07, 6.45) is 0.770. The molecule has 0 saturated carbocycles. The molecular weight excluding hydrogens is 302 g/mol. The van der Waals surface area contributed by atoms with Crippen molar-refractivity contribution >= 4 is 17.4 Å². The molecule has 0 bridgehead atoms. The molecule has 0 aromatic heterocycles. The molecule has 1 heterocycles. The van der Waals surface area contributed by atoms with Gasteiger partial charge in [-0.25, -0.2) is 0 Å². The summed E-state index contributed by atoms with van der Waals surface area (Å²) in [5.41, 5.74) is 4.74. The summed E-state index contributed by atoms with van der Waals surface area (Å²) < 4.78 is 5.72. The molecule has 1 amide bonds. The van der Waals surface area contributed by atoms with E-state index in [4.69, 9.17) is 4.74 Å². The third kappa shape index (κ3) is 3.18. The molecule has 0 aliphatic carbocycles. The molecule has 0 N–H and O–H groups in total. The average molecular weight is 323 g/mol. The van der Waals surface area contributed by atoms with Gasteiger partial charge in [-0.2, -0.15) is 0 Å². The molecule has 0 radical (unpaired) electrons. The van der Waals surface area contributed by atoms with Crippen LogP contribution < -0.4 is 9.64 Å². The van der Waals surface area contributed by atoms with Gasteiger partial charge in [0.15, 0.2) is 12.4 Å². The number of rotatable bonds is 4. The number of carbonyl (C=O) groups is 2. The average Bonchev–Trinajstić information content (AvgIpc) is 2.98. The number of hydrogen-bond donors (Lipinski definition) is 0. The minimum absolute atomic E-state index is 0.0121. The zero-order chi connectivity index (χ0) is 17.3. The Hall–Kier alpha value is -2.62. The number of hydrogen-bond acceptors (Lipinski definition) is 3. The van der Waals surface area contributed by atoms with Crippen LogP contribution in [0.4, 0.5) is 5.69 Å². The fourth-order valence-electron chi connectivity index (χ4n) is 2.96. The minimum Gasteiger partial charge on any atom is -0.483 e. The van der Waals surface area contributed by atoms with Crippen molar-refractivity contribution in [2.45, 2.75) is 27.2 Å². The number of aryl methyl sites for hydroxylation is 2. The first-order chi connectivity index (χ1) is 11.5. The zero-order valence-corrected chi connectivity index (χ0v) is 14.3. The van der Waals surface area contributed by atoms with E-state index in [1.54, 1.807) is 17.9 Å². The third-order valence-corrected chi connectivity index (χ3v) is 4.38. The van der Waals surface area contributed by atoms with Gasteiger partial charge >= 0.3 is 0 Å². The Morgan fingerprint density at radius 3 is 2.67 bits per heavy atom. The van der Waals surface area contributed by atoms with Gasteiger partial charge in [-0.05, 0) is 68.1 Å². The van der Waals surface area contributed by atoms with Crippen LogP contribution in [0.5, 0.6) is 5.75 Å². The Bertz CT molecular complexity index is 811. The van der Waals surface area contributed by atoms with E-state index in [1.165, 1.54) is 0 Å². The van der Waals surface area contributed by atoms with Crippen molar-refractivity contribution < 1.29 is 14.3 Å². The summed E-state index contributed by atoms with van der Waals surface area (Å²) in [5, 5.41) is 0. The maximum absolute atomic E-state index is 12.5. The van der Waals surface area contributed by atoms with Gasteiger partial charge in [0, 0.05) is 17.8 Å². The van der Waals surface area contributed by atoms with Crippen LogP contribution in [-0.2, 0) is 11.2 Å². The third-order valence-electron chi connectivity index (χ3n) is 4.38. The molecule has 3 rings (SSSR count). The second kappa shape index (κ2) is 6.48. The molecule has 0 spiro atoms. The molecular formula is C20H21NO3. The zero-order valence-electron chi connectivity index (χ0n) is 14.3. The topological polar surface area (TPSA) is 46.6 Å². The van der Waals surface area contributed by atoms with E-state index in [-0.39, 0.29) is 18.3 Å². The lowest BCUT2D eigenvalue weighted by molar-refractivity contribution is -0.120. The van der Waals surface area contributed by atoms with Crippen LogP contribution in [0.1, 0.15) is 34.0 Å². The number of fused-ring (bicyclic) bond motifs is 1. The molecule has 1 aliphatic heterocycles. The first-order valence-corrected chi connectivity index (χ1v) is 8.10. The Labute approximate surface area is 142 Å². The van der Waals surface area contributed by atoms with E-state index in [0.717, 1.165) is 34.5 Å². The van der Waals surface area contributed by atoms with E-state index >= 15 is 0 Å². The largest absolute Gasteiger partial charge is 0.483 e. The van der Waals surface area contributed by atoms with Gasteiger partial charge in [0.2, 0.25) is 0 Å². The molecule has 0 atom stereocenters. The summed E-state index contributed by atoms with van der Waals surface area (Å²) in [6, 6.07) is 11.5. The number of ether oxygens (including phenoxy) is 1. The summed E-state index contributed by atoms with van der Waals surface area (Å²) in [7, 11) is 0. The Morgan fingerprint density at radius 2 is 1.92 bits per heavy atom. The monoisotopic (exact) mass is 323 g/mol. The first-order valence-electron chi connectivity index (χ1n) is 8.10. The number of amides is 1. The SMILES string of the molecule is CC(=O)c1ccc2c(c1)CCN2C(=O)COc1cc(C)ccc1C. The van der Waals surface area contributed by atoms with E-state index in [2.05, 4.69) is 0 Å². The van der Waals surface area contributed by atoms with Crippen molar-refractivity contribution in [3.05, 3.63) is 58.7 Å². The van der Waals surface area contributed by atoms with Gasteiger partial charge in [0.25, 0.3) is 5.91 Å². The lowest BCUT2D eigenvalue weighted by atomic mass is 10.1. The normalized spacial score (nSPS) is 12.9. The number of carbonyl (C=O) groups excluding carboxylic acids is 2. The molecule has 0 fully saturated rings. The van der Waals surface area contributed by atoms with E-state index in [9.17, 15) is 9.59 Å². The van der Waals surface area contributed by atoms with Crippen LogP contribution >= 0.6 is 0 Å². The smallest absolute Gasteiger partial charge is 0.264 e. The maximum atomic E-state index is 12.5. The van der Waals surface area contributed by atoms with Crippen molar-refractivity contribution in [2.24, 2.45) is 0 Å². The van der Waals surface area contributed by atoms with Crippen molar-refractivity contribution in [1.82, 2.24) is 0 Å². The van der Waals surface area contributed by atoms with Gasteiger partial charge in [0.1, 0.15) is 5.75 Å². The van der Waals surface area contributed by atoms with Gasteiger partial charge < -0.3 is 9.64 Å². The van der Waals surface area contributed by atoms with E-state index in [0.29, 0.717) is 12.1 Å². The van der Waals surface area contributed by atoms with Gasteiger partial charge in [-0.3, -0.25) is 9.59 Å². The van der Waals surface area contributed by atoms with Crippen LogP contribution in [0.15, 0.2) is 36.4 Å². The van der Waals surface area contributed by atoms with Crippen molar-refractivity contribution in [3.8, 4) is 5.75 Å². The van der Waals surface area contributed by atoms with Crippen LogP contribution in [0.2, 0.25) is 0 Å². The number of benzene rings is 2. The Kier molecular flexibility index (Phi) is 4.38. The lowest BCUT2D eigenvalue weighted by Crippen LogP contribution is -2.33. The predicted octanol–water partition coefficient (Wildman–Crippen LogP) is 3.47. The standard InChI is InChI=1S/C20H21NO3/c1-13-4-5-14(2)19(10-13)24-12-20(23)21-9-8-17-11-16(15(3)22)6-7-18(17)21/h4-7,10-11H,8-9,12H2,1-3H3. The number of anilines is 1. The van der Waals surface area contributed by atoms with E-state index in [1.807, 2.05) is 44.2 Å². The molecule has 0 saturated heterocycles. The molecule has 24 heavy (non-hydrogen) atoms. The summed E-state index contributed by atoms with van der Waals surface area (Å²) in [6.45, 7) is 6.16. The fraction of sp³-hybridized carbons (Fsp3) is 0.300. The minimum atomic E-state index is -0.0646. The molecule has 2 aromatic carbocycles. The van der Waals surface area contributed by atoms with Crippen LogP contribution in [0.3, 0.4) is 0 Å². The summed E-state index contributed by atoms with van der Waals surface area (Å²) >= 11 is 0. The highest BCUT2D eigenvalue weighted by Gasteiger charge is 2.25. The fourth-order valence-corrected chi connectivity index (χ4v) is 2.96. The van der Waals surface area contributed by atoms with E-state index < -0.39 is 0 Å². The van der Waals surface area contributed by atoms with Crippen LogP contribution in [0.25, 0.3) is 0 Å². The van der Waals surface area contributed by atoms with Crippen molar-refractivity contribution in [1.29, 1.82) is 0 Å². The summed E-state index contributed by atoms with van der Waals surface area (Å²) in [4.78, 5) is 25.7. The van der Waals surface area contributed by atoms with Crippen molar-refractivity contribution in [2.75, 3.05) is 18.1 Å². The van der Waals surface area contributed by atoms with Gasteiger partial charge in [0.05, 0.1) is 0 Å². The highest BCUT2D eigenvalue weighted by atomic mass is 16.5. The first kappa shape index (κ1) is 16.2. The summed E-state index contributed by atoms with van der Waals surface area (Å²) in [5.74, 6) is 0.723. The predicted molar refractivity (Wildman–Crippen MR) is 93.9 cm³/mol. The number of nitrogens with zero attached hydrogens (tertiary/aromatic N) is 1. The Morgan fingerprint density at radius 1 is 1.12 bits per heavy atom. The number of ketones is 1. The molecule has 4 nitrogen and oxygen atoms in total. The Balaban J connectivity index is 1.72. The van der Waals surface area contributed by atoms with Crippen molar-refractivity contribution in [3.63, 3.8) is 0 Å². The van der Waals surface area contributed by atoms with Gasteiger partial charge in [-0.1, -0.05) is 12.1 Å². The lowest BCUT2D eigenvalue weighted by Gasteiger charge is -2.18.